The molecule has 3 aromatic rings. The Hall–Kier alpha value is -3.03. The van der Waals surface area contributed by atoms with Crippen LogP contribution in [0.15, 0.2) is 53.4 Å². The van der Waals surface area contributed by atoms with Crippen molar-refractivity contribution in [3.05, 3.63) is 59.7 Å². The maximum absolute atomic E-state index is 11.6. The standard InChI is InChI=1S/C23H24N2O4S/c1-14-9-17(10-15(2)23(14)25(3)4)20-12-22-21(28-13-29-22)11-19(20)16-5-7-18(8-6-16)30(24,26)27/h5-12H,13H2,1-4H3,(H2,24,26,27). The van der Waals surface area contributed by atoms with Gasteiger partial charge in [0.15, 0.2) is 11.5 Å². The van der Waals surface area contributed by atoms with Crippen LogP contribution in [0.1, 0.15) is 11.1 Å². The van der Waals surface area contributed by atoms with E-state index < -0.39 is 10.0 Å². The number of ether oxygens (including phenoxy) is 2. The fourth-order valence-corrected chi connectivity index (χ4v) is 4.58. The van der Waals surface area contributed by atoms with Crippen LogP contribution in [0.25, 0.3) is 22.3 Å². The minimum Gasteiger partial charge on any atom is -0.454 e. The van der Waals surface area contributed by atoms with Crippen molar-refractivity contribution in [1.29, 1.82) is 0 Å². The minimum atomic E-state index is -3.75. The average Bonchev–Trinajstić information content (AvgIpc) is 3.13. The van der Waals surface area contributed by atoms with Crippen molar-refractivity contribution in [1.82, 2.24) is 0 Å². The number of sulfonamides is 1. The first-order valence-electron chi connectivity index (χ1n) is 9.51. The van der Waals surface area contributed by atoms with Gasteiger partial charge in [0.2, 0.25) is 16.8 Å². The van der Waals surface area contributed by atoms with E-state index in [-0.39, 0.29) is 11.7 Å². The predicted octanol–water partition coefficient (Wildman–Crippen LogP) is 4.08. The molecule has 0 radical (unpaired) electrons. The topological polar surface area (TPSA) is 81.9 Å². The molecule has 0 fully saturated rings. The SMILES string of the molecule is Cc1cc(-c2cc3c(cc2-c2ccc(S(N)(=O)=O)cc2)OCO3)cc(C)c1N(C)C. The van der Waals surface area contributed by atoms with Gasteiger partial charge in [-0.2, -0.15) is 0 Å². The Morgan fingerprint density at radius 1 is 0.833 bits per heavy atom. The number of hydrogen-bond donors (Lipinski definition) is 1. The first-order valence-corrected chi connectivity index (χ1v) is 11.1. The third kappa shape index (κ3) is 3.62. The fourth-order valence-electron chi connectivity index (χ4n) is 4.06. The van der Waals surface area contributed by atoms with Gasteiger partial charge < -0.3 is 14.4 Å². The summed E-state index contributed by atoms with van der Waals surface area (Å²) in [6.07, 6.45) is 0. The van der Waals surface area contributed by atoms with Gasteiger partial charge in [0.05, 0.1) is 4.90 Å². The second kappa shape index (κ2) is 7.34. The molecule has 0 atom stereocenters. The number of hydrogen-bond acceptors (Lipinski definition) is 5. The first-order chi connectivity index (χ1) is 14.1. The largest absolute Gasteiger partial charge is 0.454 e. The molecule has 0 bridgehead atoms. The van der Waals surface area contributed by atoms with E-state index in [9.17, 15) is 8.42 Å². The quantitative estimate of drug-likeness (QED) is 0.682. The summed E-state index contributed by atoms with van der Waals surface area (Å²) in [7, 11) is 0.324. The molecular formula is C23H24N2O4S. The molecule has 7 heteroatoms. The van der Waals surface area contributed by atoms with Crippen molar-refractivity contribution in [2.75, 3.05) is 25.8 Å². The second-order valence-corrected chi connectivity index (χ2v) is 9.23. The lowest BCUT2D eigenvalue weighted by Crippen LogP contribution is -2.12. The van der Waals surface area contributed by atoms with Crippen molar-refractivity contribution < 1.29 is 17.9 Å². The molecule has 0 saturated heterocycles. The zero-order valence-corrected chi connectivity index (χ0v) is 18.2. The zero-order chi connectivity index (χ0) is 21.6. The lowest BCUT2D eigenvalue weighted by molar-refractivity contribution is 0.174. The average molecular weight is 425 g/mol. The maximum atomic E-state index is 11.6. The van der Waals surface area contributed by atoms with Crippen LogP contribution in [0.2, 0.25) is 0 Å². The predicted molar refractivity (Wildman–Crippen MR) is 119 cm³/mol. The molecule has 1 heterocycles. The van der Waals surface area contributed by atoms with Crippen molar-refractivity contribution in [3.63, 3.8) is 0 Å². The Morgan fingerprint density at radius 2 is 1.33 bits per heavy atom. The van der Waals surface area contributed by atoms with E-state index >= 15 is 0 Å². The number of primary sulfonamides is 1. The third-order valence-electron chi connectivity index (χ3n) is 5.26. The normalized spacial score (nSPS) is 12.8. The van der Waals surface area contributed by atoms with Crippen molar-refractivity contribution in [2.45, 2.75) is 18.7 Å². The molecule has 3 aromatic carbocycles. The Morgan fingerprint density at radius 3 is 1.80 bits per heavy atom. The van der Waals surface area contributed by atoms with Gasteiger partial charge in [0.1, 0.15) is 0 Å². The van der Waals surface area contributed by atoms with E-state index in [1.54, 1.807) is 12.1 Å². The Kier molecular flexibility index (Phi) is 4.95. The molecule has 0 amide bonds. The molecular weight excluding hydrogens is 400 g/mol. The maximum Gasteiger partial charge on any atom is 0.238 e. The van der Waals surface area contributed by atoms with Gasteiger partial charge in [0.25, 0.3) is 0 Å². The summed E-state index contributed by atoms with van der Waals surface area (Å²) in [5, 5.41) is 5.24. The molecule has 0 aromatic heterocycles. The smallest absolute Gasteiger partial charge is 0.238 e. The van der Waals surface area contributed by atoms with Gasteiger partial charge in [-0.25, -0.2) is 13.6 Å². The molecule has 0 unspecified atom stereocenters. The van der Waals surface area contributed by atoms with Crippen LogP contribution < -0.4 is 19.5 Å². The van der Waals surface area contributed by atoms with Gasteiger partial charge in [-0.05, 0) is 83.6 Å². The van der Waals surface area contributed by atoms with Crippen LogP contribution in [0.4, 0.5) is 5.69 Å². The molecule has 6 nitrogen and oxygen atoms in total. The molecule has 1 aliphatic heterocycles. The van der Waals surface area contributed by atoms with Crippen LogP contribution in [0, 0.1) is 13.8 Å². The van der Waals surface area contributed by atoms with Crippen molar-refractivity contribution >= 4 is 15.7 Å². The fraction of sp³-hybridized carbons (Fsp3) is 0.217. The molecule has 4 rings (SSSR count). The number of anilines is 1. The van der Waals surface area contributed by atoms with Crippen molar-refractivity contribution in [2.24, 2.45) is 5.14 Å². The Bertz CT molecular complexity index is 1210. The number of nitrogens with two attached hydrogens (primary N) is 1. The summed E-state index contributed by atoms with van der Waals surface area (Å²) in [6, 6.07) is 14.8. The molecule has 2 N–H and O–H groups in total. The number of rotatable bonds is 4. The molecule has 0 saturated carbocycles. The highest BCUT2D eigenvalue weighted by atomic mass is 32.2. The summed E-state index contributed by atoms with van der Waals surface area (Å²) in [4.78, 5) is 2.19. The Balaban J connectivity index is 1.91. The lowest BCUT2D eigenvalue weighted by atomic mass is 9.91. The summed E-state index contributed by atoms with van der Waals surface area (Å²) in [6.45, 7) is 4.37. The molecule has 1 aliphatic rings. The summed E-state index contributed by atoms with van der Waals surface area (Å²) in [5.41, 5.74) is 7.36. The van der Waals surface area contributed by atoms with E-state index in [1.165, 1.54) is 28.9 Å². The van der Waals surface area contributed by atoms with E-state index in [2.05, 4.69) is 30.9 Å². The van der Waals surface area contributed by atoms with E-state index in [4.69, 9.17) is 14.6 Å². The number of nitrogens with zero attached hydrogens (tertiary/aromatic N) is 1. The summed E-state index contributed by atoms with van der Waals surface area (Å²) < 4.78 is 34.4. The third-order valence-corrected chi connectivity index (χ3v) is 6.19. The van der Waals surface area contributed by atoms with Gasteiger partial charge in [0, 0.05) is 19.8 Å². The monoisotopic (exact) mass is 424 g/mol. The number of benzene rings is 3. The first kappa shape index (κ1) is 20.3. The summed E-state index contributed by atoms with van der Waals surface area (Å²) in [5.74, 6) is 1.37. The lowest BCUT2D eigenvalue weighted by Gasteiger charge is -2.21. The Labute approximate surface area is 176 Å². The van der Waals surface area contributed by atoms with E-state index in [0.717, 1.165) is 22.3 Å². The van der Waals surface area contributed by atoms with Gasteiger partial charge in [-0.15, -0.1) is 0 Å². The minimum absolute atomic E-state index is 0.0792. The highest BCUT2D eigenvalue weighted by Crippen LogP contribution is 2.44. The van der Waals surface area contributed by atoms with Crippen LogP contribution in [-0.2, 0) is 10.0 Å². The van der Waals surface area contributed by atoms with Crippen LogP contribution >= 0.6 is 0 Å². The van der Waals surface area contributed by atoms with Crippen LogP contribution in [-0.4, -0.2) is 29.3 Å². The van der Waals surface area contributed by atoms with Crippen LogP contribution in [0.3, 0.4) is 0 Å². The van der Waals surface area contributed by atoms with Gasteiger partial charge in [-0.3, -0.25) is 0 Å². The van der Waals surface area contributed by atoms with E-state index in [1.807, 2.05) is 26.2 Å². The van der Waals surface area contributed by atoms with Crippen LogP contribution in [0.5, 0.6) is 11.5 Å². The number of fused-ring (bicyclic) bond motifs is 1. The molecule has 0 aliphatic carbocycles. The molecule has 0 spiro atoms. The number of aryl methyl sites for hydroxylation is 2. The van der Waals surface area contributed by atoms with Crippen molar-refractivity contribution in [3.8, 4) is 33.8 Å². The molecule has 30 heavy (non-hydrogen) atoms. The highest BCUT2D eigenvalue weighted by Gasteiger charge is 2.20. The molecule has 156 valence electrons. The van der Waals surface area contributed by atoms with E-state index in [0.29, 0.717) is 11.5 Å². The van der Waals surface area contributed by atoms with Gasteiger partial charge >= 0.3 is 0 Å². The highest BCUT2D eigenvalue weighted by molar-refractivity contribution is 7.89. The zero-order valence-electron chi connectivity index (χ0n) is 17.4. The summed E-state index contributed by atoms with van der Waals surface area (Å²) >= 11 is 0. The van der Waals surface area contributed by atoms with Gasteiger partial charge in [-0.1, -0.05) is 12.1 Å². The second-order valence-electron chi connectivity index (χ2n) is 7.67.